The molecule has 1 aliphatic carbocycles. The maximum absolute atomic E-state index is 6.04. The second-order valence-corrected chi connectivity index (χ2v) is 4.94. The molecule has 0 fully saturated rings. The molecule has 0 unspecified atom stereocenters. The van der Waals surface area contributed by atoms with Crippen molar-refractivity contribution in [1.82, 2.24) is 9.97 Å². The maximum atomic E-state index is 6.04. The Balaban J connectivity index is 2.58. The van der Waals surface area contributed by atoms with Crippen molar-refractivity contribution < 1.29 is 0 Å². The van der Waals surface area contributed by atoms with Crippen molar-refractivity contribution >= 4 is 5.82 Å². The maximum Gasteiger partial charge on any atom is 0.131 e. The third kappa shape index (κ3) is 1.71. The van der Waals surface area contributed by atoms with Crippen molar-refractivity contribution in [2.75, 3.05) is 5.73 Å². The molecule has 1 heterocycles. The third-order valence-corrected chi connectivity index (χ3v) is 3.27. The van der Waals surface area contributed by atoms with Gasteiger partial charge in [-0.15, -0.1) is 0 Å². The molecule has 1 aliphatic rings. The Hall–Kier alpha value is -1.12. The Bertz CT molecular complexity index is 383. The van der Waals surface area contributed by atoms with Crippen molar-refractivity contribution in [3.05, 3.63) is 17.1 Å². The number of hydrogen-bond donors (Lipinski definition) is 1. The molecule has 0 aliphatic heterocycles. The van der Waals surface area contributed by atoms with Gasteiger partial charge < -0.3 is 5.73 Å². The first-order chi connectivity index (χ1) is 7.04. The molecule has 0 spiro atoms. The summed E-state index contributed by atoms with van der Waals surface area (Å²) >= 11 is 0. The lowest BCUT2D eigenvalue weighted by molar-refractivity contribution is 0.425. The van der Waals surface area contributed by atoms with Gasteiger partial charge in [0, 0.05) is 17.7 Å². The number of hydrogen-bond acceptors (Lipinski definition) is 3. The molecule has 1 aromatic rings. The van der Waals surface area contributed by atoms with Crippen molar-refractivity contribution in [2.45, 2.75) is 51.9 Å². The van der Waals surface area contributed by atoms with E-state index in [2.05, 4.69) is 30.7 Å². The van der Waals surface area contributed by atoms with Gasteiger partial charge in [0.25, 0.3) is 0 Å². The molecule has 0 atom stereocenters. The molecule has 0 saturated carbocycles. The molecule has 2 rings (SSSR count). The molecule has 0 radical (unpaired) electrons. The number of nitrogens with two attached hydrogens (primary N) is 1. The molecular formula is C12H19N3. The number of rotatable bonds is 1. The van der Waals surface area contributed by atoms with Crippen LogP contribution >= 0.6 is 0 Å². The number of nitrogen functional groups attached to an aromatic ring is 1. The smallest absolute Gasteiger partial charge is 0.131 e. The van der Waals surface area contributed by atoms with Crippen LogP contribution in [0.4, 0.5) is 5.82 Å². The molecule has 82 valence electrons. The monoisotopic (exact) mass is 205 g/mol. The predicted octanol–water partition coefficient (Wildman–Crippen LogP) is 2.24. The second-order valence-electron chi connectivity index (χ2n) is 4.94. The average Bonchev–Trinajstić information content (AvgIpc) is 2.15. The van der Waals surface area contributed by atoms with Crippen molar-refractivity contribution in [2.24, 2.45) is 0 Å². The number of fused-ring (bicyclic) bond motifs is 1. The third-order valence-electron chi connectivity index (χ3n) is 3.27. The minimum absolute atomic E-state index is 0.143. The van der Waals surface area contributed by atoms with Crippen LogP contribution in [0, 0.1) is 0 Å². The SMILES string of the molecule is CCc1nc(N)c2c(n1)CCCC2(C)C. The summed E-state index contributed by atoms with van der Waals surface area (Å²) in [5.74, 6) is 1.57. The standard InChI is InChI=1S/C12H19N3/c1-4-9-14-8-6-5-7-12(2,3)10(8)11(13)15-9/h4-7H2,1-3H3,(H2,13,14,15). The highest BCUT2D eigenvalue weighted by Gasteiger charge is 2.31. The highest BCUT2D eigenvalue weighted by Crippen LogP contribution is 2.38. The average molecular weight is 205 g/mol. The van der Waals surface area contributed by atoms with Crippen LogP contribution in [0.1, 0.15) is 50.7 Å². The van der Waals surface area contributed by atoms with Gasteiger partial charge in [0.05, 0.1) is 0 Å². The van der Waals surface area contributed by atoms with Crippen LogP contribution < -0.4 is 5.73 Å². The minimum atomic E-state index is 0.143. The fourth-order valence-corrected chi connectivity index (χ4v) is 2.48. The zero-order chi connectivity index (χ0) is 11.1. The number of nitrogens with zero attached hydrogens (tertiary/aromatic N) is 2. The molecule has 0 saturated heterocycles. The zero-order valence-corrected chi connectivity index (χ0v) is 9.80. The first-order valence-electron chi connectivity index (χ1n) is 5.70. The van der Waals surface area contributed by atoms with Gasteiger partial charge in [-0.25, -0.2) is 9.97 Å². The number of aromatic nitrogens is 2. The van der Waals surface area contributed by atoms with E-state index in [1.807, 2.05) is 0 Å². The van der Waals surface area contributed by atoms with Crippen LogP contribution in [-0.4, -0.2) is 9.97 Å². The van der Waals surface area contributed by atoms with Crippen LogP contribution in [0.3, 0.4) is 0 Å². The highest BCUT2D eigenvalue weighted by molar-refractivity contribution is 5.48. The van der Waals surface area contributed by atoms with E-state index in [0.717, 1.165) is 18.7 Å². The number of aryl methyl sites for hydroxylation is 2. The predicted molar refractivity (Wildman–Crippen MR) is 61.8 cm³/mol. The van der Waals surface area contributed by atoms with Crippen LogP contribution in [0.2, 0.25) is 0 Å². The summed E-state index contributed by atoms with van der Waals surface area (Å²) in [5.41, 5.74) is 8.55. The molecule has 15 heavy (non-hydrogen) atoms. The fourth-order valence-electron chi connectivity index (χ4n) is 2.48. The van der Waals surface area contributed by atoms with Gasteiger partial charge in [0.1, 0.15) is 11.6 Å². The van der Waals surface area contributed by atoms with Gasteiger partial charge in [-0.2, -0.15) is 0 Å². The van der Waals surface area contributed by atoms with Gasteiger partial charge in [0.2, 0.25) is 0 Å². The first kappa shape index (κ1) is 10.4. The van der Waals surface area contributed by atoms with Crippen LogP contribution in [-0.2, 0) is 18.3 Å². The summed E-state index contributed by atoms with van der Waals surface area (Å²) in [6, 6.07) is 0. The molecule has 0 amide bonds. The van der Waals surface area contributed by atoms with Gasteiger partial charge in [-0.3, -0.25) is 0 Å². The molecule has 0 aromatic carbocycles. The van der Waals surface area contributed by atoms with E-state index in [9.17, 15) is 0 Å². The molecule has 2 N–H and O–H groups in total. The Morgan fingerprint density at radius 2 is 2.07 bits per heavy atom. The summed E-state index contributed by atoms with van der Waals surface area (Å²) in [5, 5.41) is 0. The topological polar surface area (TPSA) is 51.8 Å². The summed E-state index contributed by atoms with van der Waals surface area (Å²) in [7, 11) is 0. The molecule has 0 bridgehead atoms. The number of anilines is 1. The van der Waals surface area contributed by atoms with Crippen molar-refractivity contribution in [3.8, 4) is 0 Å². The summed E-state index contributed by atoms with van der Waals surface area (Å²) in [6.45, 7) is 6.53. The van der Waals surface area contributed by atoms with Gasteiger partial charge in [-0.05, 0) is 24.7 Å². The summed E-state index contributed by atoms with van der Waals surface area (Å²) < 4.78 is 0. The van der Waals surface area contributed by atoms with E-state index in [0.29, 0.717) is 5.82 Å². The first-order valence-corrected chi connectivity index (χ1v) is 5.70. The quantitative estimate of drug-likeness (QED) is 0.765. The lowest BCUT2D eigenvalue weighted by atomic mass is 9.74. The molecule has 3 nitrogen and oxygen atoms in total. The van der Waals surface area contributed by atoms with Crippen LogP contribution in [0.25, 0.3) is 0 Å². The lowest BCUT2D eigenvalue weighted by Gasteiger charge is -2.32. The lowest BCUT2D eigenvalue weighted by Crippen LogP contribution is -2.27. The van der Waals surface area contributed by atoms with E-state index < -0.39 is 0 Å². The summed E-state index contributed by atoms with van der Waals surface area (Å²) in [4.78, 5) is 8.96. The van der Waals surface area contributed by atoms with Crippen molar-refractivity contribution in [3.63, 3.8) is 0 Å². The Kier molecular flexibility index (Phi) is 2.41. The normalized spacial score (nSPS) is 18.6. The van der Waals surface area contributed by atoms with Gasteiger partial charge in [0.15, 0.2) is 0 Å². The molecule has 1 aromatic heterocycles. The van der Waals surface area contributed by atoms with Crippen LogP contribution in [0.5, 0.6) is 0 Å². The largest absolute Gasteiger partial charge is 0.383 e. The minimum Gasteiger partial charge on any atom is -0.383 e. The summed E-state index contributed by atoms with van der Waals surface area (Å²) in [6.07, 6.45) is 4.30. The van der Waals surface area contributed by atoms with E-state index >= 15 is 0 Å². The van der Waals surface area contributed by atoms with Gasteiger partial charge in [-0.1, -0.05) is 20.8 Å². The Morgan fingerprint density at radius 3 is 2.73 bits per heavy atom. The molecular weight excluding hydrogens is 186 g/mol. The zero-order valence-electron chi connectivity index (χ0n) is 9.80. The van der Waals surface area contributed by atoms with E-state index in [-0.39, 0.29) is 5.41 Å². The highest BCUT2D eigenvalue weighted by atomic mass is 15.0. The van der Waals surface area contributed by atoms with Crippen LogP contribution in [0.15, 0.2) is 0 Å². The van der Waals surface area contributed by atoms with E-state index in [1.165, 1.54) is 24.1 Å². The Morgan fingerprint density at radius 1 is 1.33 bits per heavy atom. The van der Waals surface area contributed by atoms with E-state index in [4.69, 9.17) is 5.73 Å². The van der Waals surface area contributed by atoms with Crippen molar-refractivity contribution in [1.29, 1.82) is 0 Å². The van der Waals surface area contributed by atoms with E-state index in [1.54, 1.807) is 0 Å². The molecule has 3 heteroatoms. The fraction of sp³-hybridized carbons (Fsp3) is 0.667. The Labute approximate surface area is 91.1 Å². The second kappa shape index (κ2) is 3.47. The van der Waals surface area contributed by atoms with Gasteiger partial charge >= 0.3 is 0 Å².